The van der Waals surface area contributed by atoms with Crippen molar-refractivity contribution in [1.82, 2.24) is 0 Å². The third-order valence-electron chi connectivity index (χ3n) is 2.38. The largest absolute Gasteiger partial charge is 0.490 e. The molecular formula is C13H17FN2O4. The molecule has 0 aliphatic carbocycles. The van der Waals surface area contributed by atoms with E-state index in [1.807, 2.05) is 6.92 Å². The van der Waals surface area contributed by atoms with Gasteiger partial charge < -0.3 is 14.8 Å². The van der Waals surface area contributed by atoms with Crippen LogP contribution in [0.5, 0.6) is 5.75 Å². The Morgan fingerprint density at radius 3 is 2.80 bits per heavy atom. The zero-order valence-corrected chi connectivity index (χ0v) is 11.4. The summed E-state index contributed by atoms with van der Waals surface area (Å²) in [7, 11) is 1.29. The number of ether oxygens (including phenoxy) is 2. The first-order valence-corrected chi connectivity index (χ1v) is 5.93. The third kappa shape index (κ3) is 4.51. The van der Waals surface area contributed by atoms with Crippen LogP contribution < -0.4 is 10.1 Å². The third-order valence-corrected chi connectivity index (χ3v) is 2.38. The van der Waals surface area contributed by atoms with Crippen LogP contribution in [0.3, 0.4) is 0 Å². The monoisotopic (exact) mass is 284 g/mol. The minimum Gasteiger partial charge on any atom is -0.490 e. The first kappa shape index (κ1) is 15.9. The van der Waals surface area contributed by atoms with Gasteiger partial charge in [-0.2, -0.15) is 0 Å². The summed E-state index contributed by atoms with van der Waals surface area (Å²) in [5.41, 5.74) is 0.619. The SMILES string of the molecule is C=C(C)COCCNc1cc(OC)c([N+](=O)[O-])cc1F. The average molecular weight is 284 g/mol. The van der Waals surface area contributed by atoms with Crippen LogP contribution in [-0.2, 0) is 4.74 Å². The molecule has 0 unspecified atom stereocenters. The summed E-state index contributed by atoms with van der Waals surface area (Å²) in [6, 6.07) is 2.09. The Bertz CT molecular complexity index is 505. The maximum Gasteiger partial charge on any atom is 0.313 e. The quantitative estimate of drug-likeness (QED) is 0.344. The van der Waals surface area contributed by atoms with E-state index in [1.165, 1.54) is 13.2 Å². The molecule has 110 valence electrons. The number of benzene rings is 1. The normalized spacial score (nSPS) is 10.2. The van der Waals surface area contributed by atoms with Gasteiger partial charge in [-0.25, -0.2) is 4.39 Å². The van der Waals surface area contributed by atoms with E-state index in [2.05, 4.69) is 11.9 Å². The second-order valence-electron chi connectivity index (χ2n) is 4.20. The van der Waals surface area contributed by atoms with Gasteiger partial charge in [-0.3, -0.25) is 10.1 Å². The first-order chi connectivity index (χ1) is 9.45. The van der Waals surface area contributed by atoms with Gasteiger partial charge in [-0.15, -0.1) is 0 Å². The predicted octanol–water partition coefficient (Wildman–Crippen LogP) is 2.75. The Morgan fingerprint density at radius 2 is 2.25 bits per heavy atom. The molecule has 0 radical (unpaired) electrons. The summed E-state index contributed by atoms with van der Waals surface area (Å²) in [6.07, 6.45) is 0. The number of hydrogen-bond donors (Lipinski definition) is 1. The van der Waals surface area contributed by atoms with Crippen molar-refractivity contribution in [3.63, 3.8) is 0 Å². The van der Waals surface area contributed by atoms with Crippen molar-refractivity contribution < 1.29 is 18.8 Å². The molecule has 1 rings (SSSR count). The lowest BCUT2D eigenvalue weighted by molar-refractivity contribution is -0.385. The van der Waals surface area contributed by atoms with E-state index in [9.17, 15) is 14.5 Å². The molecule has 1 aromatic carbocycles. The lowest BCUT2D eigenvalue weighted by atomic mass is 10.2. The Kier molecular flexibility index (Phi) is 5.92. The highest BCUT2D eigenvalue weighted by Crippen LogP contribution is 2.32. The Hall–Kier alpha value is -2.15. The molecule has 0 bridgehead atoms. The fourth-order valence-corrected chi connectivity index (χ4v) is 1.49. The summed E-state index contributed by atoms with van der Waals surface area (Å²) in [6.45, 7) is 6.70. The maximum absolute atomic E-state index is 13.7. The van der Waals surface area contributed by atoms with Gasteiger partial charge in [0, 0.05) is 12.6 Å². The molecule has 0 amide bonds. The Morgan fingerprint density at radius 1 is 1.55 bits per heavy atom. The van der Waals surface area contributed by atoms with Crippen molar-refractivity contribution >= 4 is 11.4 Å². The van der Waals surface area contributed by atoms with Gasteiger partial charge in [-0.05, 0) is 6.92 Å². The van der Waals surface area contributed by atoms with Gasteiger partial charge in [0.05, 0.1) is 37.0 Å². The summed E-state index contributed by atoms with van der Waals surface area (Å²) >= 11 is 0. The van der Waals surface area contributed by atoms with Crippen molar-refractivity contribution in [2.75, 3.05) is 32.2 Å². The van der Waals surface area contributed by atoms with E-state index in [1.54, 1.807) is 0 Å². The van der Waals surface area contributed by atoms with E-state index in [4.69, 9.17) is 9.47 Å². The van der Waals surface area contributed by atoms with Crippen LogP contribution in [0, 0.1) is 15.9 Å². The molecule has 0 aliphatic rings. The summed E-state index contributed by atoms with van der Waals surface area (Å²) < 4.78 is 23.8. The number of halogens is 1. The van der Waals surface area contributed by atoms with E-state index >= 15 is 0 Å². The van der Waals surface area contributed by atoms with Crippen LogP contribution in [-0.4, -0.2) is 31.8 Å². The highest BCUT2D eigenvalue weighted by molar-refractivity contribution is 5.59. The van der Waals surface area contributed by atoms with E-state index in [0.29, 0.717) is 19.8 Å². The van der Waals surface area contributed by atoms with Crippen molar-refractivity contribution in [3.8, 4) is 5.75 Å². The summed E-state index contributed by atoms with van der Waals surface area (Å²) in [5.74, 6) is -0.709. The number of anilines is 1. The molecule has 7 heteroatoms. The van der Waals surface area contributed by atoms with Gasteiger partial charge in [0.15, 0.2) is 11.6 Å². The van der Waals surface area contributed by atoms with Crippen molar-refractivity contribution in [2.24, 2.45) is 0 Å². The average Bonchev–Trinajstić information content (AvgIpc) is 2.39. The number of nitro benzene ring substituents is 1. The maximum atomic E-state index is 13.7. The second-order valence-corrected chi connectivity index (χ2v) is 4.20. The van der Waals surface area contributed by atoms with Crippen LogP contribution >= 0.6 is 0 Å². The van der Waals surface area contributed by atoms with Crippen molar-refractivity contribution in [1.29, 1.82) is 0 Å². The van der Waals surface area contributed by atoms with Crippen molar-refractivity contribution in [3.05, 3.63) is 40.2 Å². The second kappa shape index (κ2) is 7.44. The zero-order valence-electron chi connectivity index (χ0n) is 11.4. The molecule has 0 fully saturated rings. The van der Waals surface area contributed by atoms with Crippen LogP contribution in [0.15, 0.2) is 24.3 Å². The summed E-state index contributed by atoms with van der Waals surface area (Å²) in [5, 5.41) is 13.5. The molecule has 6 nitrogen and oxygen atoms in total. The minimum atomic E-state index is -0.711. The molecular weight excluding hydrogens is 267 g/mol. The molecule has 0 saturated heterocycles. The smallest absolute Gasteiger partial charge is 0.313 e. The van der Waals surface area contributed by atoms with Crippen LogP contribution in [0.4, 0.5) is 15.8 Å². The number of methoxy groups -OCH3 is 1. The highest BCUT2D eigenvalue weighted by atomic mass is 19.1. The fourth-order valence-electron chi connectivity index (χ4n) is 1.49. The lowest BCUT2D eigenvalue weighted by Crippen LogP contribution is -2.11. The molecule has 0 atom stereocenters. The van der Waals surface area contributed by atoms with Gasteiger partial charge in [0.1, 0.15) is 0 Å². The predicted molar refractivity (Wildman–Crippen MR) is 73.7 cm³/mol. The molecule has 20 heavy (non-hydrogen) atoms. The molecule has 0 heterocycles. The van der Waals surface area contributed by atoms with E-state index in [-0.39, 0.29) is 11.4 Å². The van der Waals surface area contributed by atoms with E-state index < -0.39 is 16.4 Å². The number of nitro groups is 1. The molecule has 0 spiro atoms. The highest BCUT2D eigenvalue weighted by Gasteiger charge is 2.18. The Balaban J connectivity index is 2.66. The number of hydrogen-bond acceptors (Lipinski definition) is 5. The molecule has 0 aliphatic heterocycles. The molecule has 1 aromatic rings. The Labute approximate surface area is 116 Å². The first-order valence-electron chi connectivity index (χ1n) is 5.93. The van der Waals surface area contributed by atoms with E-state index in [0.717, 1.165) is 11.6 Å². The fraction of sp³-hybridized carbons (Fsp3) is 0.385. The minimum absolute atomic E-state index is 0.00162. The lowest BCUT2D eigenvalue weighted by Gasteiger charge is -2.10. The van der Waals surface area contributed by atoms with Crippen molar-refractivity contribution in [2.45, 2.75) is 6.92 Å². The topological polar surface area (TPSA) is 73.6 Å². The van der Waals surface area contributed by atoms with Crippen LogP contribution in [0.2, 0.25) is 0 Å². The summed E-state index contributed by atoms with van der Waals surface area (Å²) in [4.78, 5) is 10.0. The van der Waals surface area contributed by atoms with Gasteiger partial charge >= 0.3 is 5.69 Å². The van der Waals surface area contributed by atoms with Crippen LogP contribution in [0.25, 0.3) is 0 Å². The van der Waals surface area contributed by atoms with Crippen LogP contribution in [0.1, 0.15) is 6.92 Å². The standard InChI is InChI=1S/C13H17FN2O4/c1-9(2)8-20-5-4-15-11-7-13(19-3)12(16(17)18)6-10(11)14/h6-7,15H,1,4-5,8H2,2-3H3. The number of nitrogens with zero attached hydrogens (tertiary/aromatic N) is 1. The number of rotatable bonds is 8. The van der Waals surface area contributed by atoms with Gasteiger partial charge in [0.2, 0.25) is 0 Å². The molecule has 0 aromatic heterocycles. The van der Waals surface area contributed by atoms with Gasteiger partial charge in [-0.1, -0.05) is 12.2 Å². The van der Waals surface area contributed by atoms with Gasteiger partial charge in [0.25, 0.3) is 0 Å². The molecule has 1 N–H and O–H groups in total. The number of nitrogens with one attached hydrogen (secondary N) is 1. The molecule has 0 saturated carbocycles. The zero-order chi connectivity index (χ0) is 15.1.